The number of nitrogens with zero attached hydrogens (tertiary/aromatic N) is 5. The van der Waals surface area contributed by atoms with Gasteiger partial charge in [-0.05, 0) is 39.2 Å². The van der Waals surface area contributed by atoms with Crippen LogP contribution in [0.15, 0.2) is 30.5 Å². The van der Waals surface area contributed by atoms with E-state index in [1.54, 1.807) is 19.2 Å². The summed E-state index contributed by atoms with van der Waals surface area (Å²) in [6.45, 7) is 2.94. The first kappa shape index (κ1) is 21.5. The molecule has 0 bridgehead atoms. The quantitative estimate of drug-likeness (QED) is 0.533. The van der Waals surface area contributed by atoms with E-state index in [-0.39, 0.29) is 18.3 Å². The first-order valence-corrected chi connectivity index (χ1v) is 9.96. The average Bonchev–Trinajstić information content (AvgIpc) is 3.07. The lowest BCUT2D eigenvalue weighted by Gasteiger charge is -2.10. The van der Waals surface area contributed by atoms with Crippen molar-refractivity contribution in [1.29, 1.82) is 0 Å². The molecule has 0 saturated heterocycles. The summed E-state index contributed by atoms with van der Waals surface area (Å²) in [5.41, 5.74) is 0.408. The molecule has 0 radical (unpaired) electrons. The fraction of sp³-hybridized carbons (Fsp3) is 0.316. The molecule has 0 spiro atoms. The van der Waals surface area contributed by atoms with Gasteiger partial charge in [0.05, 0.1) is 6.42 Å². The highest BCUT2D eigenvalue weighted by atomic mass is 32.1. The van der Waals surface area contributed by atoms with Crippen LogP contribution >= 0.6 is 11.3 Å². The number of aryl methyl sites for hydroxylation is 1. The maximum Gasteiger partial charge on any atom is 0.321 e. The standard InChI is InChI=1S/C19H22FN7O2S/c1-12-22-17(25-18(23-12)29-8-7-27(2)3)26-19-21-11-15(30-19)10-16(28)24-14-6-4-5-13(20)9-14/h4-6,9,11H,7-8,10H2,1-3H3,(H,24,28)(H,21,22,23,25,26). The van der Waals surface area contributed by atoms with Crippen molar-refractivity contribution in [2.75, 3.05) is 37.9 Å². The van der Waals surface area contributed by atoms with Crippen molar-refractivity contribution in [3.63, 3.8) is 0 Å². The molecule has 2 N–H and O–H groups in total. The topological polar surface area (TPSA) is 105 Å². The minimum absolute atomic E-state index is 0.116. The first-order valence-electron chi connectivity index (χ1n) is 9.15. The molecule has 0 unspecified atom stereocenters. The molecule has 2 aromatic heterocycles. The third-order valence-electron chi connectivity index (χ3n) is 3.71. The highest BCUT2D eigenvalue weighted by molar-refractivity contribution is 7.15. The van der Waals surface area contributed by atoms with Crippen LogP contribution < -0.4 is 15.4 Å². The van der Waals surface area contributed by atoms with Gasteiger partial charge in [0.25, 0.3) is 0 Å². The summed E-state index contributed by atoms with van der Waals surface area (Å²) < 4.78 is 18.8. The molecule has 30 heavy (non-hydrogen) atoms. The number of likely N-dealkylation sites (N-methyl/N-ethyl adjacent to an activating group) is 1. The van der Waals surface area contributed by atoms with Crippen molar-refractivity contribution in [1.82, 2.24) is 24.8 Å². The first-order chi connectivity index (χ1) is 14.4. The number of hydrogen-bond acceptors (Lipinski definition) is 9. The van der Waals surface area contributed by atoms with Crippen molar-refractivity contribution in [3.05, 3.63) is 47.0 Å². The molecule has 0 aliphatic rings. The molecule has 11 heteroatoms. The summed E-state index contributed by atoms with van der Waals surface area (Å²) in [6, 6.07) is 5.98. The second-order valence-electron chi connectivity index (χ2n) is 6.63. The molecule has 3 aromatic rings. The van der Waals surface area contributed by atoms with E-state index in [4.69, 9.17) is 4.74 Å². The Morgan fingerprint density at radius 2 is 2.10 bits per heavy atom. The lowest BCUT2D eigenvalue weighted by Crippen LogP contribution is -2.20. The van der Waals surface area contributed by atoms with Gasteiger partial charge in [-0.2, -0.15) is 15.0 Å². The van der Waals surface area contributed by atoms with Crippen LogP contribution in [0.4, 0.5) is 21.2 Å². The molecule has 3 rings (SSSR count). The van der Waals surface area contributed by atoms with Gasteiger partial charge in [-0.15, -0.1) is 11.3 Å². The van der Waals surface area contributed by atoms with Crippen molar-refractivity contribution in [3.8, 4) is 6.01 Å². The lowest BCUT2D eigenvalue weighted by atomic mass is 10.3. The number of halogens is 1. The summed E-state index contributed by atoms with van der Waals surface area (Å²) in [5.74, 6) is 0.157. The minimum Gasteiger partial charge on any atom is -0.462 e. The number of anilines is 3. The number of rotatable bonds is 9. The molecule has 158 valence electrons. The Morgan fingerprint density at radius 3 is 2.87 bits per heavy atom. The fourth-order valence-electron chi connectivity index (χ4n) is 2.37. The highest BCUT2D eigenvalue weighted by Gasteiger charge is 2.11. The molecule has 2 heterocycles. The Bertz CT molecular complexity index is 1010. The van der Waals surface area contributed by atoms with Crippen LogP contribution in [-0.2, 0) is 11.2 Å². The molecule has 0 aliphatic heterocycles. The highest BCUT2D eigenvalue weighted by Crippen LogP contribution is 2.22. The molecular formula is C19H22FN7O2S. The van der Waals surface area contributed by atoms with Gasteiger partial charge in [-0.1, -0.05) is 6.07 Å². The summed E-state index contributed by atoms with van der Waals surface area (Å²) in [7, 11) is 3.90. The van der Waals surface area contributed by atoms with E-state index in [0.29, 0.717) is 29.2 Å². The SMILES string of the molecule is Cc1nc(Nc2ncc(CC(=O)Nc3cccc(F)c3)s2)nc(OCCN(C)C)n1. The van der Waals surface area contributed by atoms with Gasteiger partial charge in [0.1, 0.15) is 18.2 Å². The van der Waals surface area contributed by atoms with Gasteiger partial charge in [0, 0.05) is 23.3 Å². The van der Waals surface area contributed by atoms with Crippen molar-refractivity contribution < 1.29 is 13.9 Å². The number of aromatic nitrogens is 4. The largest absolute Gasteiger partial charge is 0.462 e. The van der Waals surface area contributed by atoms with Gasteiger partial charge in [-0.25, -0.2) is 9.37 Å². The van der Waals surface area contributed by atoms with Crippen LogP contribution in [0.5, 0.6) is 6.01 Å². The van der Waals surface area contributed by atoms with E-state index in [1.807, 2.05) is 19.0 Å². The zero-order chi connectivity index (χ0) is 21.5. The van der Waals surface area contributed by atoms with Crippen molar-refractivity contribution in [2.45, 2.75) is 13.3 Å². The molecular weight excluding hydrogens is 409 g/mol. The second kappa shape index (κ2) is 10.0. The molecule has 0 atom stereocenters. The zero-order valence-electron chi connectivity index (χ0n) is 16.8. The molecule has 0 fully saturated rings. The number of ether oxygens (including phenoxy) is 1. The Morgan fingerprint density at radius 1 is 1.27 bits per heavy atom. The second-order valence-corrected chi connectivity index (χ2v) is 7.75. The van der Waals surface area contributed by atoms with E-state index < -0.39 is 5.82 Å². The van der Waals surface area contributed by atoms with E-state index in [2.05, 4.69) is 30.6 Å². The van der Waals surface area contributed by atoms with Gasteiger partial charge in [0.15, 0.2) is 5.13 Å². The van der Waals surface area contributed by atoms with Crippen molar-refractivity contribution >= 4 is 34.0 Å². The van der Waals surface area contributed by atoms with Crippen LogP contribution in [0.3, 0.4) is 0 Å². The summed E-state index contributed by atoms with van der Waals surface area (Å²) in [6.07, 6.45) is 1.71. The van der Waals surface area contributed by atoms with Gasteiger partial charge < -0.3 is 15.0 Å². The Balaban J connectivity index is 1.58. The number of carbonyl (C=O) groups excluding carboxylic acids is 1. The lowest BCUT2D eigenvalue weighted by molar-refractivity contribution is -0.115. The van der Waals surface area contributed by atoms with Gasteiger partial charge >= 0.3 is 6.01 Å². The molecule has 1 amide bonds. The van der Waals surface area contributed by atoms with E-state index in [9.17, 15) is 9.18 Å². The van der Waals surface area contributed by atoms with Crippen LogP contribution in [-0.4, -0.2) is 58.0 Å². The van der Waals surface area contributed by atoms with Crippen LogP contribution in [0, 0.1) is 12.7 Å². The van der Waals surface area contributed by atoms with Crippen LogP contribution in [0.2, 0.25) is 0 Å². The number of thiazole rings is 1. The number of amides is 1. The minimum atomic E-state index is -0.408. The predicted octanol–water partition coefficient (Wildman–Crippen LogP) is 2.64. The maximum absolute atomic E-state index is 13.2. The normalized spacial score (nSPS) is 10.8. The van der Waals surface area contributed by atoms with E-state index in [1.165, 1.54) is 29.5 Å². The van der Waals surface area contributed by atoms with Gasteiger partial charge in [0.2, 0.25) is 11.9 Å². The van der Waals surface area contributed by atoms with E-state index >= 15 is 0 Å². The Hall–Kier alpha value is -3.18. The Labute approximate surface area is 177 Å². The predicted molar refractivity (Wildman–Crippen MR) is 113 cm³/mol. The number of nitrogens with one attached hydrogen (secondary N) is 2. The molecule has 0 saturated carbocycles. The smallest absolute Gasteiger partial charge is 0.321 e. The number of carbonyl (C=O) groups is 1. The van der Waals surface area contributed by atoms with E-state index in [0.717, 1.165) is 11.4 Å². The van der Waals surface area contributed by atoms with Crippen LogP contribution in [0.1, 0.15) is 10.7 Å². The molecule has 0 aliphatic carbocycles. The van der Waals surface area contributed by atoms with Crippen LogP contribution in [0.25, 0.3) is 0 Å². The zero-order valence-corrected chi connectivity index (χ0v) is 17.7. The van der Waals surface area contributed by atoms with Gasteiger partial charge in [-0.3, -0.25) is 10.1 Å². The fourth-order valence-corrected chi connectivity index (χ4v) is 3.17. The van der Waals surface area contributed by atoms with Crippen molar-refractivity contribution in [2.24, 2.45) is 0 Å². The maximum atomic E-state index is 13.2. The summed E-state index contributed by atoms with van der Waals surface area (Å²) in [5, 5.41) is 6.20. The third kappa shape index (κ3) is 6.71. The number of hydrogen-bond donors (Lipinski definition) is 2. The molecule has 1 aromatic carbocycles. The Kier molecular flexibility index (Phi) is 7.20. The number of benzene rings is 1. The third-order valence-corrected chi connectivity index (χ3v) is 4.62. The molecule has 9 nitrogen and oxygen atoms in total. The monoisotopic (exact) mass is 431 g/mol. The summed E-state index contributed by atoms with van der Waals surface area (Å²) in [4.78, 5) is 31.8. The average molecular weight is 431 g/mol. The summed E-state index contributed by atoms with van der Waals surface area (Å²) >= 11 is 1.30.